The first kappa shape index (κ1) is 10.6. The van der Waals surface area contributed by atoms with Gasteiger partial charge in [0.1, 0.15) is 0 Å². The molecule has 13 heavy (non-hydrogen) atoms. The van der Waals surface area contributed by atoms with Crippen LogP contribution in [0.2, 0.25) is 5.02 Å². The standard InChI is InChI=1S/C11H16ClN/c1-11(2,8-13)7-9-5-3-4-6-10(9)12/h3-6H,7-8,13H2,1-2H3. The number of rotatable bonds is 3. The van der Waals surface area contributed by atoms with Gasteiger partial charge in [0, 0.05) is 5.02 Å². The van der Waals surface area contributed by atoms with Crippen LogP contribution in [0.1, 0.15) is 19.4 Å². The van der Waals surface area contributed by atoms with Crippen molar-refractivity contribution in [3.63, 3.8) is 0 Å². The lowest BCUT2D eigenvalue weighted by atomic mass is 9.86. The number of halogens is 1. The number of benzene rings is 1. The second-order valence-corrected chi connectivity index (χ2v) is 4.54. The Labute approximate surface area is 84.9 Å². The van der Waals surface area contributed by atoms with Crippen LogP contribution < -0.4 is 5.73 Å². The molecule has 2 heteroatoms. The molecular weight excluding hydrogens is 182 g/mol. The second-order valence-electron chi connectivity index (χ2n) is 4.14. The van der Waals surface area contributed by atoms with Crippen LogP contribution in [0.15, 0.2) is 24.3 Å². The monoisotopic (exact) mass is 197 g/mol. The Morgan fingerprint density at radius 1 is 1.31 bits per heavy atom. The molecule has 0 aliphatic heterocycles. The van der Waals surface area contributed by atoms with Gasteiger partial charge < -0.3 is 5.73 Å². The van der Waals surface area contributed by atoms with Gasteiger partial charge in [0.2, 0.25) is 0 Å². The molecule has 0 saturated heterocycles. The zero-order valence-electron chi connectivity index (χ0n) is 8.18. The van der Waals surface area contributed by atoms with Crippen molar-refractivity contribution in [3.8, 4) is 0 Å². The molecule has 0 saturated carbocycles. The smallest absolute Gasteiger partial charge is 0.0438 e. The minimum atomic E-state index is 0.130. The van der Waals surface area contributed by atoms with Crippen LogP contribution in [-0.2, 0) is 6.42 Å². The van der Waals surface area contributed by atoms with Crippen molar-refractivity contribution in [2.24, 2.45) is 11.1 Å². The molecule has 1 aromatic carbocycles. The lowest BCUT2D eigenvalue weighted by Gasteiger charge is -2.22. The first-order chi connectivity index (χ1) is 6.05. The zero-order valence-corrected chi connectivity index (χ0v) is 8.93. The van der Waals surface area contributed by atoms with Crippen molar-refractivity contribution in [1.29, 1.82) is 0 Å². The van der Waals surface area contributed by atoms with Crippen molar-refractivity contribution in [2.75, 3.05) is 6.54 Å². The minimum Gasteiger partial charge on any atom is -0.330 e. The van der Waals surface area contributed by atoms with Gasteiger partial charge in [-0.15, -0.1) is 0 Å². The third-order valence-corrected chi connectivity index (χ3v) is 2.55. The fraction of sp³-hybridized carbons (Fsp3) is 0.455. The summed E-state index contributed by atoms with van der Waals surface area (Å²) < 4.78 is 0. The van der Waals surface area contributed by atoms with Crippen molar-refractivity contribution < 1.29 is 0 Å². The van der Waals surface area contributed by atoms with Gasteiger partial charge in [0.05, 0.1) is 0 Å². The van der Waals surface area contributed by atoms with E-state index >= 15 is 0 Å². The molecule has 72 valence electrons. The van der Waals surface area contributed by atoms with Gasteiger partial charge in [-0.25, -0.2) is 0 Å². The van der Waals surface area contributed by atoms with E-state index < -0.39 is 0 Å². The van der Waals surface area contributed by atoms with E-state index in [2.05, 4.69) is 19.9 Å². The molecule has 1 aromatic rings. The van der Waals surface area contributed by atoms with E-state index in [0.717, 1.165) is 11.4 Å². The molecule has 0 fully saturated rings. The first-order valence-corrected chi connectivity index (χ1v) is 4.86. The fourth-order valence-corrected chi connectivity index (χ4v) is 1.43. The van der Waals surface area contributed by atoms with Crippen LogP contribution in [0.5, 0.6) is 0 Å². The average molecular weight is 198 g/mol. The maximum atomic E-state index is 6.05. The maximum Gasteiger partial charge on any atom is 0.0438 e. The molecule has 0 aromatic heterocycles. The molecule has 0 unspecified atom stereocenters. The van der Waals surface area contributed by atoms with Gasteiger partial charge in [0.25, 0.3) is 0 Å². The molecular formula is C11H16ClN. The topological polar surface area (TPSA) is 26.0 Å². The highest BCUT2D eigenvalue weighted by molar-refractivity contribution is 6.31. The Morgan fingerprint density at radius 2 is 1.92 bits per heavy atom. The van der Waals surface area contributed by atoms with E-state index in [0.29, 0.717) is 6.54 Å². The van der Waals surface area contributed by atoms with Crippen molar-refractivity contribution in [1.82, 2.24) is 0 Å². The van der Waals surface area contributed by atoms with E-state index in [9.17, 15) is 0 Å². The highest BCUT2D eigenvalue weighted by Crippen LogP contribution is 2.24. The first-order valence-electron chi connectivity index (χ1n) is 4.49. The zero-order chi connectivity index (χ0) is 9.90. The van der Waals surface area contributed by atoms with E-state index in [1.807, 2.05) is 18.2 Å². The molecule has 0 amide bonds. The van der Waals surface area contributed by atoms with E-state index in [-0.39, 0.29) is 5.41 Å². The van der Waals surface area contributed by atoms with Gasteiger partial charge in [-0.2, -0.15) is 0 Å². The van der Waals surface area contributed by atoms with Gasteiger partial charge in [-0.1, -0.05) is 43.6 Å². The Morgan fingerprint density at radius 3 is 2.46 bits per heavy atom. The minimum absolute atomic E-state index is 0.130. The van der Waals surface area contributed by atoms with Crippen LogP contribution >= 0.6 is 11.6 Å². The summed E-state index contributed by atoms with van der Waals surface area (Å²) in [4.78, 5) is 0. The van der Waals surface area contributed by atoms with Gasteiger partial charge >= 0.3 is 0 Å². The fourth-order valence-electron chi connectivity index (χ4n) is 1.23. The summed E-state index contributed by atoms with van der Waals surface area (Å²) in [5, 5.41) is 0.837. The predicted molar refractivity (Wildman–Crippen MR) is 58.0 cm³/mol. The molecule has 1 nitrogen and oxygen atoms in total. The predicted octanol–water partition coefficient (Wildman–Crippen LogP) is 2.87. The summed E-state index contributed by atoms with van der Waals surface area (Å²) in [6, 6.07) is 7.93. The SMILES string of the molecule is CC(C)(CN)Cc1ccccc1Cl. The largest absolute Gasteiger partial charge is 0.330 e. The second kappa shape index (κ2) is 4.12. The van der Waals surface area contributed by atoms with E-state index in [1.165, 1.54) is 5.56 Å². The summed E-state index contributed by atoms with van der Waals surface area (Å²) >= 11 is 6.05. The van der Waals surface area contributed by atoms with Crippen molar-refractivity contribution >= 4 is 11.6 Å². The van der Waals surface area contributed by atoms with Crippen LogP contribution in [0.25, 0.3) is 0 Å². The Bertz CT molecular complexity index is 281. The molecule has 0 radical (unpaired) electrons. The molecule has 0 aliphatic carbocycles. The van der Waals surface area contributed by atoms with E-state index in [1.54, 1.807) is 0 Å². The summed E-state index contributed by atoms with van der Waals surface area (Å²) in [6.07, 6.45) is 0.934. The Hall–Kier alpha value is -0.530. The molecule has 1 rings (SSSR count). The molecule has 0 aliphatic rings. The third-order valence-electron chi connectivity index (χ3n) is 2.18. The molecule has 0 bridgehead atoms. The van der Waals surface area contributed by atoms with Crippen molar-refractivity contribution in [3.05, 3.63) is 34.9 Å². The maximum absolute atomic E-state index is 6.05. The lowest BCUT2D eigenvalue weighted by molar-refractivity contribution is 0.377. The molecule has 0 spiro atoms. The van der Waals surface area contributed by atoms with Crippen LogP contribution in [0.4, 0.5) is 0 Å². The molecule has 0 heterocycles. The van der Waals surface area contributed by atoms with Gasteiger partial charge in [-0.3, -0.25) is 0 Å². The number of hydrogen-bond acceptors (Lipinski definition) is 1. The van der Waals surface area contributed by atoms with Crippen LogP contribution in [0.3, 0.4) is 0 Å². The van der Waals surface area contributed by atoms with Crippen LogP contribution in [0, 0.1) is 5.41 Å². The van der Waals surface area contributed by atoms with Crippen molar-refractivity contribution in [2.45, 2.75) is 20.3 Å². The average Bonchev–Trinajstić information content (AvgIpc) is 2.09. The summed E-state index contributed by atoms with van der Waals surface area (Å²) in [5.74, 6) is 0. The highest BCUT2D eigenvalue weighted by atomic mass is 35.5. The Kier molecular flexibility index (Phi) is 3.34. The third kappa shape index (κ3) is 3.02. The quantitative estimate of drug-likeness (QED) is 0.793. The summed E-state index contributed by atoms with van der Waals surface area (Å²) in [7, 11) is 0. The number of hydrogen-bond donors (Lipinski definition) is 1. The number of nitrogens with two attached hydrogens (primary N) is 1. The highest BCUT2D eigenvalue weighted by Gasteiger charge is 2.17. The molecule has 0 atom stereocenters. The summed E-state index contributed by atoms with van der Waals surface area (Å²) in [6.45, 7) is 4.98. The lowest BCUT2D eigenvalue weighted by Crippen LogP contribution is -2.25. The van der Waals surface area contributed by atoms with E-state index in [4.69, 9.17) is 17.3 Å². The normalized spacial score (nSPS) is 11.7. The summed E-state index contributed by atoms with van der Waals surface area (Å²) in [5.41, 5.74) is 6.97. The Balaban J connectivity index is 2.80. The molecule has 2 N–H and O–H groups in total. The van der Waals surface area contributed by atoms with Gasteiger partial charge in [0.15, 0.2) is 0 Å². The van der Waals surface area contributed by atoms with Crippen LogP contribution in [-0.4, -0.2) is 6.54 Å². The van der Waals surface area contributed by atoms with Gasteiger partial charge in [-0.05, 0) is 30.0 Å².